The van der Waals surface area contributed by atoms with E-state index < -0.39 is 0 Å². The quantitative estimate of drug-likeness (QED) is 0.358. The normalized spacial score (nSPS) is 10.3. The first-order valence-electron chi connectivity index (χ1n) is 9.64. The van der Waals surface area contributed by atoms with Gasteiger partial charge in [0.15, 0.2) is 0 Å². The summed E-state index contributed by atoms with van der Waals surface area (Å²) in [5.41, 5.74) is 2.47. The summed E-state index contributed by atoms with van der Waals surface area (Å²) in [4.78, 5) is 0. The molecule has 0 aliphatic rings. The Hall–Kier alpha value is -2.08. The van der Waals surface area contributed by atoms with Gasteiger partial charge in [0.2, 0.25) is 0 Å². The molecule has 0 aliphatic carbocycles. The van der Waals surface area contributed by atoms with Gasteiger partial charge in [-0.3, -0.25) is 0 Å². The summed E-state index contributed by atoms with van der Waals surface area (Å²) in [7, 11) is 0. The SMILES string of the molecule is C(#CCCCCOCc1ccccc1)CCCCOCc1ccccc1. The van der Waals surface area contributed by atoms with Crippen molar-refractivity contribution < 1.29 is 9.47 Å². The van der Waals surface area contributed by atoms with Crippen molar-refractivity contribution in [3.05, 3.63) is 71.8 Å². The number of rotatable bonds is 12. The first kappa shape index (κ1) is 20.2. The van der Waals surface area contributed by atoms with Crippen molar-refractivity contribution in [3.8, 4) is 11.8 Å². The lowest BCUT2D eigenvalue weighted by atomic mass is 10.2. The zero-order valence-corrected chi connectivity index (χ0v) is 15.7. The second kappa shape index (κ2) is 14.1. The molecule has 2 nitrogen and oxygen atoms in total. The molecule has 2 rings (SSSR count). The minimum atomic E-state index is 0.707. The Morgan fingerprint density at radius 3 is 1.38 bits per heavy atom. The van der Waals surface area contributed by atoms with E-state index in [4.69, 9.17) is 9.47 Å². The van der Waals surface area contributed by atoms with Gasteiger partial charge in [-0.05, 0) is 36.8 Å². The maximum absolute atomic E-state index is 5.67. The van der Waals surface area contributed by atoms with Crippen molar-refractivity contribution in [2.75, 3.05) is 13.2 Å². The third-order valence-corrected chi connectivity index (χ3v) is 4.03. The number of benzene rings is 2. The minimum Gasteiger partial charge on any atom is -0.377 e. The largest absolute Gasteiger partial charge is 0.377 e. The molecule has 0 bridgehead atoms. The van der Waals surface area contributed by atoms with Gasteiger partial charge in [0.1, 0.15) is 0 Å². The van der Waals surface area contributed by atoms with Crippen LogP contribution in [0.25, 0.3) is 0 Å². The Bertz CT molecular complexity index is 570. The fraction of sp³-hybridized carbons (Fsp3) is 0.417. The molecule has 0 radical (unpaired) electrons. The van der Waals surface area contributed by atoms with Crippen LogP contribution in [0.5, 0.6) is 0 Å². The Morgan fingerprint density at radius 1 is 0.538 bits per heavy atom. The van der Waals surface area contributed by atoms with Gasteiger partial charge in [-0.2, -0.15) is 0 Å². The van der Waals surface area contributed by atoms with Crippen molar-refractivity contribution in [2.45, 2.75) is 51.7 Å². The van der Waals surface area contributed by atoms with Crippen LogP contribution in [0.1, 0.15) is 49.7 Å². The predicted molar refractivity (Wildman–Crippen MR) is 108 cm³/mol. The van der Waals surface area contributed by atoms with E-state index in [9.17, 15) is 0 Å². The Labute approximate surface area is 158 Å². The second-order valence-electron chi connectivity index (χ2n) is 6.34. The Kier molecular flexibility index (Phi) is 11.0. The summed E-state index contributed by atoms with van der Waals surface area (Å²) < 4.78 is 11.3. The number of hydrogen-bond acceptors (Lipinski definition) is 2. The lowest BCUT2D eigenvalue weighted by molar-refractivity contribution is 0.117. The molecule has 0 aliphatic heterocycles. The molecule has 2 aromatic carbocycles. The molecule has 2 heteroatoms. The molecular weight excluding hydrogens is 320 g/mol. The minimum absolute atomic E-state index is 0.707. The van der Waals surface area contributed by atoms with E-state index in [1.165, 1.54) is 11.1 Å². The molecule has 138 valence electrons. The highest BCUT2D eigenvalue weighted by Crippen LogP contribution is 2.04. The number of hydrogen-bond donors (Lipinski definition) is 0. The van der Waals surface area contributed by atoms with E-state index in [1.54, 1.807) is 0 Å². The van der Waals surface area contributed by atoms with E-state index in [2.05, 4.69) is 36.1 Å². The number of unbranched alkanes of at least 4 members (excludes halogenated alkanes) is 4. The van der Waals surface area contributed by atoms with Gasteiger partial charge in [0.25, 0.3) is 0 Å². The maximum atomic E-state index is 5.67. The van der Waals surface area contributed by atoms with Crippen LogP contribution in [0.15, 0.2) is 60.7 Å². The zero-order valence-electron chi connectivity index (χ0n) is 15.7. The molecular formula is C24H30O2. The Balaban J connectivity index is 1.34. The van der Waals surface area contributed by atoms with Crippen LogP contribution in [-0.2, 0) is 22.7 Å². The van der Waals surface area contributed by atoms with Gasteiger partial charge in [-0.1, -0.05) is 60.7 Å². The molecule has 0 saturated heterocycles. The standard InChI is InChI=1S/C24H30O2/c1(3-5-13-19-25-21-23-15-9-7-10-16-23)2-4-6-14-20-26-22-24-17-11-8-12-18-24/h7-12,15-18H,3-6,13-14,19-22H2. The molecule has 0 heterocycles. The fourth-order valence-corrected chi connectivity index (χ4v) is 2.54. The summed E-state index contributed by atoms with van der Waals surface area (Å²) in [5.74, 6) is 6.53. The molecule has 26 heavy (non-hydrogen) atoms. The van der Waals surface area contributed by atoms with Crippen molar-refractivity contribution in [3.63, 3.8) is 0 Å². The summed E-state index contributed by atoms with van der Waals surface area (Å²) >= 11 is 0. The molecule has 0 atom stereocenters. The van der Waals surface area contributed by atoms with E-state index >= 15 is 0 Å². The van der Waals surface area contributed by atoms with Crippen LogP contribution in [0.4, 0.5) is 0 Å². The van der Waals surface area contributed by atoms with E-state index in [-0.39, 0.29) is 0 Å². The summed E-state index contributed by atoms with van der Waals surface area (Å²) in [6, 6.07) is 20.6. The monoisotopic (exact) mass is 350 g/mol. The Morgan fingerprint density at radius 2 is 0.962 bits per heavy atom. The van der Waals surface area contributed by atoms with Crippen LogP contribution in [-0.4, -0.2) is 13.2 Å². The van der Waals surface area contributed by atoms with Gasteiger partial charge < -0.3 is 9.47 Å². The van der Waals surface area contributed by atoms with E-state index in [0.717, 1.165) is 51.7 Å². The average molecular weight is 351 g/mol. The highest BCUT2D eigenvalue weighted by Gasteiger charge is 1.93. The average Bonchev–Trinajstić information content (AvgIpc) is 2.70. The van der Waals surface area contributed by atoms with Crippen molar-refractivity contribution in [2.24, 2.45) is 0 Å². The summed E-state index contributed by atoms with van der Waals surface area (Å²) in [5, 5.41) is 0. The van der Waals surface area contributed by atoms with Crippen LogP contribution < -0.4 is 0 Å². The first-order valence-corrected chi connectivity index (χ1v) is 9.64. The van der Waals surface area contributed by atoms with Gasteiger partial charge in [-0.15, -0.1) is 11.8 Å². The second-order valence-corrected chi connectivity index (χ2v) is 6.34. The zero-order chi connectivity index (χ0) is 18.1. The van der Waals surface area contributed by atoms with Crippen molar-refractivity contribution in [1.82, 2.24) is 0 Å². The van der Waals surface area contributed by atoms with Crippen LogP contribution in [0.3, 0.4) is 0 Å². The smallest absolute Gasteiger partial charge is 0.0716 e. The third-order valence-electron chi connectivity index (χ3n) is 4.03. The molecule has 2 aromatic rings. The first-order chi connectivity index (χ1) is 12.9. The topological polar surface area (TPSA) is 18.5 Å². The van der Waals surface area contributed by atoms with Crippen LogP contribution in [0, 0.1) is 11.8 Å². The third kappa shape index (κ3) is 10.0. The molecule has 0 saturated carbocycles. The lowest BCUT2D eigenvalue weighted by Gasteiger charge is -2.03. The molecule has 0 aromatic heterocycles. The van der Waals surface area contributed by atoms with E-state index in [0.29, 0.717) is 13.2 Å². The number of ether oxygens (including phenoxy) is 2. The van der Waals surface area contributed by atoms with Crippen molar-refractivity contribution >= 4 is 0 Å². The molecule has 0 unspecified atom stereocenters. The van der Waals surface area contributed by atoms with Gasteiger partial charge >= 0.3 is 0 Å². The summed E-state index contributed by atoms with van der Waals surface area (Å²) in [6.45, 7) is 3.04. The highest BCUT2D eigenvalue weighted by molar-refractivity contribution is 5.14. The fourth-order valence-electron chi connectivity index (χ4n) is 2.54. The van der Waals surface area contributed by atoms with Gasteiger partial charge in [0, 0.05) is 26.1 Å². The molecule has 0 spiro atoms. The highest BCUT2D eigenvalue weighted by atomic mass is 16.5. The lowest BCUT2D eigenvalue weighted by Crippen LogP contribution is -1.95. The maximum Gasteiger partial charge on any atom is 0.0716 e. The molecule has 0 N–H and O–H groups in total. The summed E-state index contributed by atoms with van der Waals surface area (Å²) in [6.07, 6.45) is 6.33. The van der Waals surface area contributed by atoms with Crippen LogP contribution >= 0.6 is 0 Å². The van der Waals surface area contributed by atoms with Crippen LogP contribution in [0.2, 0.25) is 0 Å². The van der Waals surface area contributed by atoms with E-state index in [1.807, 2.05) is 36.4 Å². The van der Waals surface area contributed by atoms with Crippen molar-refractivity contribution in [1.29, 1.82) is 0 Å². The van der Waals surface area contributed by atoms with Gasteiger partial charge in [0.05, 0.1) is 13.2 Å². The predicted octanol–water partition coefficient (Wildman–Crippen LogP) is 5.76. The van der Waals surface area contributed by atoms with Gasteiger partial charge in [-0.25, -0.2) is 0 Å². The molecule has 0 amide bonds. The molecule has 0 fully saturated rings.